The summed E-state index contributed by atoms with van der Waals surface area (Å²) in [6.07, 6.45) is 2.05. The number of hydrogen-bond donors (Lipinski definition) is 0. The Morgan fingerprint density at radius 2 is 1.00 bits per heavy atom. The highest BCUT2D eigenvalue weighted by molar-refractivity contribution is 6.23. The maximum absolute atomic E-state index is 5.26. The molecule has 1 aliphatic carbocycles. The van der Waals surface area contributed by atoms with E-state index in [1.54, 1.807) is 0 Å². The lowest BCUT2D eigenvalue weighted by molar-refractivity contribution is 1.09. The number of para-hydroxylation sites is 2. The van der Waals surface area contributed by atoms with Crippen LogP contribution in [0.15, 0.2) is 176 Å². The maximum Gasteiger partial charge on any atom is 0.146 e. The van der Waals surface area contributed by atoms with Crippen LogP contribution in [0, 0.1) is 0 Å². The Kier molecular flexibility index (Phi) is 5.50. The summed E-state index contributed by atoms with van der Waals surface area (Å²) >= 11 is 0. The molecular weight excluding hydrogens is 631 g/mol. The molecule has 0 saturated carbocycles. The fourth-order valence-electron chi connectivity index (χ4n) is 9.05. The van der Waals surface area contributed by atoms with Crippen molar-refractivity contribution in [3.05, 3.63) is 176 Å². The molecule has 8 aromatic carbocycles. The summed E-state index contributed by atoms with van der Waals surface area (Å²) in [5.41, 5.74) is 13.3. The van der Waals surface area contributed by atoms with Gasteiger partial charge in [-0.05, 0) is 87.1 Å². The third-order valence-corrected chi connectivity index (χ3v) is 11.3. The smallest absolute Gasteiger partial charge is 0.146 e. The molecule has 1 aliphatic rings. The van der Waals surface area contributed by atoms with E-state index in [2.05, 4.69) is 185 Å². The minimum absolute atomic E-state index is 0.975. The molecule has 3 heterocycles. The lowest BCUT2D eigenvalue weighted by atomic mass is 9.99. The zero-order chi connectivity index (χ0) is 33.9. The summed E-state index contributed by atoms with van der Waals surface area (Å²) in [5, 5.41) is 9.93. The predicted octanol–water partition coefficient (Wildman–Crippen LogP) is 12.9. The zero-order valence-electron chi connectivity index (χ0n) is 28.1. The Balaban J connectivity index is 1.14. The van der Waals surface area contributed by atoms with E-state index >= 15 is 0 Å². The van der Waals surface area contributed by atoms with E-state index in [9.17, 15) is 0 Å². The van der Waals surface area contributed by atoms with E-state index in [4.69, 9.17) is 4.98 Å². The molecule has 52 heavy (non-hydrogen) atoms. The van der Waals surface area contributed by atoms with Gasteiger partial charge >= 0.3 is 0 Å². The van der Waals surface area contributed by atoms with Crippen molar-refractivity contribution in [3.63, 3.8) is 0 Å². The highest BCUT2D eigenvalue weighted by Crippen LogP contribution is 2.50. The number of fused-ring (bicyclic) bond motifs is 11. The number of aromatic nitrogens is 3. The van der Waals surface area contributed by atoms with Gasteiger partial charge in [-0.1, -0.05) is 121 Å². The molecule has 3 nitrogen and oxygen atoms in total. The summed E-state index contributed by atoms with van der Waals surface area (Å²) < 4.78 is 4.78. The van der Waals surface area contributed by atoms with Gasteiger partial charge in [0.15, 0.2) is 0 Å². The fourth-order valence-corrected chi connectivity index (χ4v) is 9.05. The van der Waals surface area contributed by atoms with Gasteiger partial charge in [0, 0.05) is 49.8 Å². The second kappa shape index (κ2) is 10.3. The van der Waals surface area contributed by atoms with Gasteiger partial charge in [0.05, 0.1) is 22.1 Å². The lowest BCUT2D eigenvalue weighted by Gasteiger charge is -2.13. The average Bonchev–Trinajstić information content (AvgIpc) is 3.85. The van der Waals surface area contributed by atoms with Crippen LogP contribution < -0.4 is 0 Å². The molecule has 0 amide bonds. The normalized spacial score (nSPS) is 12.2. The SMILES string of the molecule is c1ccc(-n2c3ccccc3c3cc(-c4ccc5c(c4)c4c6ccccc6ccc4n5-c4ncc5cccc6c5c4-c4ccccc4-6)ccc32)cc1. The zero-order valence-corrected chi connectivity index (χ0v) is 28.1. The number of nitrogens with zero attached hydrogens (tertiary/aromatic N) is 3. The van der Waals surface area contributed by atoms with Crippen LogP contribution in [0.1, 0.15) is 0 Å². The fraction of sp³-hybridized carbons (Fsp3) is 0. The molecule has 0 aliphatic heterocycles. The number of benzene rings is 8. The minimum Gasteiger partial charge on any atom is -0.309 e. The van der Waals surface area contributed by atoms with Gasteiger partial charge in [0.2, 0.25) is 0 Å². The highest BCUT2D eigenvalue weighted by Gasteiger charge is 2.27. The van der Waals surface area contributed by atoms with Gasteiger partial charge in [0.1, 0.15) is 5.82 Å². The third-order valence-electron chi connectivity index (χ3n) is 11.3. The molecule has 3 heteroatoms. The number of pyridine rings is 1. The molecule has 0 N–H and O–H groups in total. The topological polar surface area (TPSA) is 22.8 Å². The number of hydrogen-bond acceptors (Lipinski definition) is 1. The second-order valence-electron chi connectivity index (χ2n) is 13.9. The number of rotatable bonds is 3. The summed E-state index contributed by atoms with van der Waals surface area (Å²) in [7, 11) is 0. The second-order valence-corrected chi connectivity index (χ2v) is 13.9. The van der Waals surface area contributed by atoms with Crippen molar-refractivity contribution in [2.24, 2.45) is 0 Å². The Bertz CT molecular complexity index is 3290. The molecule has 3 aromatic heterocycles. The van der Waals surface area contributed by atoms with E-state index in [1.165, 1.54) is 93.2 Å². The van der Waals surface area contributed by atoms with E-state index in [1.807, 2.05) is 0 Å². The molecule has 12 rings (SSSR count). The first-order chi connectivity index (χ1) is 25.8. The van der Waals surface area contributed by atoms with Crippen molar-refractivity contribution in [2.75, 3.05) is 0 Å². The van der Waals surface area contributed by atoms with Crippen LogP contribution in [-0.4, -0.2) is 14.1 Å². The molecular formula is C49H29N3. The van der Waals surface area contributed by atoms with Gasteiger partial charge in [0.25, 0.3) is 0 Å². The van der Waals surface area contributed by atoms with Crippen molar-refractivity contribution in [1.82, 2.24) is 14.1 Å². The first-order valence-corrected chi connectivity index (χ1v) is 17.9. The Morgan fingerprint density at radius 1 is 0.365 bits per heavy atom. The van der Waals surface area contributed by atoms with Crippen molar-refractivity contribution >= 4 is 65.2 Å². The summed E-state index contributed by atoms with van der Waals surface area (Å²) in [5.74, 6) is 0.975. The standard InChI is InChI=1S/C49H29N3/c1-2-13-34(14-3-1)51-42-20-9-8-17-37(42)40-27-31(22-24-43(40)51)32-23-25-44-41(28-32)47-35-15-5-4-11-30(35)21-26-45(47)52(44)49-48-39-18-7-6-16-36(39)38-19-10-12-33(29-50-49)46(38)48/h1-29H. The largest absolute Gasteiger partial charge is 0.309 e. The van der Waals surface area contributed by atoms with E-state index in [0.717, 1.165) is 16.9 Å². The van der Waals surface area contributed by atoms with Crippen LogP contribution in [0.5, 0.6) is 0 Å². The maximum atomic E-state index is 5.26. The van der Waals surface area contributed by atoms with Gasteiger partial charge < -0.3 is 4.57 Å². The molecule has 0 saturated heterocycles. The van der Waals surface area contributed by atoms with Gasteiger partial charge in [-0.2, -0.15) is 0 Å². The average molecular weight is 660 g/mol. The molecule has 240 valence electrons. The van der Waals surface area contributed by atoms with Crippen LogP contribution in [-0.2, 0) is 0 Å². The molecule has 0 fully saturated rings. The van der Waals surface area contributed by atoms with Gasteiger partial charge in [-0.25, -0.2) is 4.98 Å². The minimum atomic E-state index is 0.975. The van der Waals surface area contributed by atoms with Crippen molar-refractivity contribution in [1.29, 1.82) is 0 Å². The molecule has 0 atom stereocenters. The van der Waals surface area contributed by atoms with Crippen LogP contribution in [0.4, 0.5) is 0 Å². The summed E-state index contributed by atoms with van der Waals surface area (Å²) in [6, 6.07) is 62.0. The molecule has 11 aromatic rings. The van der Waals surface area contributed by atoms with Crippen LogP contribution in [0.25, 0.3) is 110 Å². The van der Waals surface area contributed by atoms with E-state index < -0.39 is 0 Å². The third kappa shape index (κ3) is 3.66. The van der Waals surface area contributed by atoms with E-state index in [-0.39, 0.29) is 0 Å². The summed E-state index contributed by atoms with van der Waals surface area (Å²) in [6.45, 7) is 0. The Labute approximate surface area is 299 Å². The molecule has 0 spiro atoms. The lowest BCUT2D eigenvalue weighted by Crippen LogP contribution is -2.00. The van der Waals surface area contributed by atoms with Crippen molar-refractivity contribution < 1.29 is 0 Å². The van der Waals surface area contributed by atoms with Crippen molar-refractivity contribution in [2.45, 2.75) is 0 Å². The quantitative estimate of drug-likeness (QED) is 0.185. The highest BCUT2D eigenvalue weighted by atomic mass is 15.1. The van der Waals surface area contributed by atoms with Crippen molar-refractivity contribution in [3.8, 4) is 44.9 Å². The van der Waals surface area contributed by atoms with Crippen LogP contribution in [0.3, 0.4) is 0 Å². The predicted molar refractivity (Wildman–Crippen MR) is 218 cm³/mol. The molecule has 0 unspecified atom stereocenters. The Hall–Kier alpha value is -6.97. The van der Waals surface area contributed by atoms with Gasteiger partial charge in [-0.3, -0.25) is 4.57 Å². The van der Waals surface area contributed by atoms with Crippen LogP contribution in [0.2, 0.25) is 0 Å². The van der Waals surface area contributed by atoms with Crippen LogP contribution >= 0.6 is 0 Å². The first-order valence-electron chi connectivity index (χ1n) is 17.9. The first kappa shape index (κ1) is 27.8. The van der Waals surface area contributed by atoms with Gasteiger partial charge in [-0.15, -0.1) is 0 Å². The monoisotopic (exact) mass is 659 g/mol. The molecule has 0 radical (unpaired) electrons. The summed E-state index contributed by atoms with van der Waals surface area (Å²) in [4.78, 5) is 5.26. The van der Waals surface area contributed by atoms with E-state index in [0.29, 0.717) is 0 Å². The Morgan fingerprint density at radius 3 is 1.87 bits per heavy atom. The molecule has 0 bridgehead atoms.